The summed E-state index contributed by atoms with van der Waals surface area (Å²) in [6.45, 7) is 0. The third-order valence-corrected chi connectivity index (χ3v) is 4.90. The van der Waals surface area contributed by atoms with Crippen LogP contribution in [0, 0.1) is 0 Å². The van der Waals surface area contributed by atoms with E-state index in [9.17, 15) is 0 Å². The Balaban J connectivity index is 2.20. The first-order valence-corrected chi connectivity index (χ1v) is 7.40. The molecule has 0 saturated carbocycles. The number of rotatable bonds is 4. The minimum absolute atomic E-state index is 0.0381. The van der Waals surface area contributed by atoms with E-state index in [0.29, 0.717) is 5.25 Å². The second-order valence-electron chi connectivity index (χ2n) is 4.54. The molecule has 4 heteroatoms. The third-order valence-electron chi connectivity index (χ3n) is 3.42. The van der Waals surface area contributed by atoms with Gasteiger partial charge in [0.2, 0.25) is 0 Å². The molecule has 0 spiro atoms. The lowest BCUT2D eigenvalue weighted by atomic mass is 9.99. The maximum absolute atomic E-state index is 6.40. The summed E-state index contributed by atoms with van der Waals surface area (Å²) in [5, 5.41) is 0.501. The minimum Gasteiger partial charge on any atom is -0.497 e. The number of thioether (sulfide) groups is 1. The molecule has 2 rings (SSSR count). The topological polar surface area (TPSA) is 44.5 Å². The van der Waals surface area contributed by atoms with E-state index in [0.717, 1.165) is 17.1 Å². The second kappa shape index (κ2) is 6.34. The Morgan fingerprint density at radius 1 is 1.28 bits per heavy atom. The zero-order valence-corrected chi connectivity index (χ0v) is 11.8. The molecule has 0 aliphatic carbocycles. The van der Waals surface area contributed by atoms with Crippen molar-refractivity contribution in [1.29, 1.82) is 0 Å². The van der Waals surface area contributed by atoms with Crippen LogP contribution in [0.2, 0.25) is 0 Å². The van der Waals surface area contributed by atoms with E-state index >= 15 is 0 Å². The van der Waals surface area contributed by atoms with Crippen molar-refractivity contribution in [2.75, 3.05) is 20.0 Å². The molecular weight excluding hydrogens is 246 g/mol. The van der Waals surface area contributed by atoms with Crippen LogP contribution in [-0.4, -0.2) is 25.2 Å². The maximum Gasteiger partial charge on any atom is 0.127 e. The number of hydrogen-bond acceptors (Lipinski definition) is 4. The number of nitrogens with two attached hydrogens (primary N) is 1. The van der Waals surface area contributed by atoms with Crippen LogP contribution < -0.4 is 15.2 Å². The van der Waals surface area contributed by atoms with Gasteiger partial charge in [0.15, 0.2) is 0 Å². The van der Waals surface area contributed by atoms with Crippen LogP contribution in [0.25, 0.3) is 0 Å². The van der Waals surface area contributed by atoms with Crippen molar-refractivity contribution < 1.29 is 9.47 Å². The molecule has 0 amide bonds. The predicted octanol–water partition coefficient (Wildman–Crippen LogP) is 2.99. The van der Waals surface area contributed by atoms with Gasteiger partial charge in [-0.2, -0.15) is 11.8 Å². The van der Waals surface area contributed by atoms with Crippen molar-refractivity contribution in [3.05, 3.63) is 23.8 Å². The van der Waals surface area contributed by atoms with Gasteiger partial charge in [0.05, 0.1) is 14.2 Å². The SMILES string of the molecule is COc1ccc(C(N)C2CCCCS2)c(OC)c1. The van der Waals surface area contributed by atoms with Crippen molar-refractivity contribution in [3.63, 3.8) is 0 Å². The largest absolute Gasteiger partial charge is 0.497 e. The first kappa shape index (κ1) is 13.6. The van der Waals surface area contributed by atoms with Crippen molar-refractivity contribution in [1.82, 2.24) is 0 Å². The van der Waals surface area contributed by atoms with Crippen LogP contribution in [-0.2, 0) is 0 Å². The van der Waals surface area contributed by atoms with Gasteiger partial charge in [0, 0.05) is 22.9 Å². The van der Waals surface area contributed by atoms with Gasteiger partial charge < -0.3 is 15.2 Å². The molecule has 1 heterocycles. The van der Waals surface area contributed by atoms with Crippen LogP contribution in [0.5, 0.6) is 11.5 Å². The standard InChI is InChI=1S/C14H21NO2S/c1-16-10-6-7-11(12(9-10)17-2)14(15)13-5-3-4-8-18-13/h6-7,9,13-14H,3-5,8,15H2,1-2H3. The highest BCUT2D eigenvalue weighted by molar-refractivity contribution is 8.00. The van der Waals surface area contributed by atoms with Gasteiger partial charge in [-0.15, -0.1) is 0 Å². The summed E-state index contributed by atoms with van der Waals surface area (Å²) in [7, 11) is 3.34. The average Bonchev–Trinajstić information content (AvgIpc) is 2.46. The summed E-state index contributed by atoms with van der Waals surface area (Å²) in [6.07, 6.45) is 3.79. The zero-order valence-electron chi connectivity index (χ0n) is 11.0. The quantitative estimate of drug-likeness (QED) is 0.911. The van der Waals surface area contributed by atoms with Gasteiger partial charge in [0.1, 0.15) is 11.5 Å². The van der Waals surface area contributed by atoms with E-state index < -0.39 is 0 Å². The average molecular weight is 267 g/mol. The Bertz CT molecular complexity index is 391. The molecule has 1 aromatic rings. The highest BCUT2D eigenvalue weighted by Gasteiger charge is 2.24. The van der Waals surface area contributed by atoms with E-state index in [2.05, 4.69) is 0 Å². The molecule has 0 aromatic heterocycles. The van der Waals surface area contributed by atoms with Crippen molar-refractivity contribution in [2.24, 2.45) is 5.73 Å². The maximum atomic E-state index is 6.40. The molecule has 0 bridgehead atoms. The van der Waals surface area contributed by atoms with E-state index in [-0.39, 0.29) is 6.04 Å². The lowest BCUT2D eigenvalue weighted by Gasteiger charge is -2.28. The van der Waals surface area contributed by atoms with E-state index in [4.69, 9.17) is 15.2 Å². The third kappa shape index (κ3) is 2.93. The zero-order chi connectivity index (χ0) is 13.0. The second-order valence-corrected chi connectivity index (χ2v) is 5.89. The van der Waals surface area contributed by atoms with Crippen molar-refractivity contribution in [2.45, 2.75) is 30.6 Å². The molecule has 1 aliphatic rings. The lowest BCUT2D eigenvalue weighted by molar-refractivity contribution is 0.387. The molecule has 1 saturated heterocycles. The fraction of sp³-hybridized carbons (Fsp3) is 0.571. The first-order valence-electron chi connectivity index (χ1n) is 6.35. The molecule has 100 valence electrons. The van der Waals surface area contributed by atoms with E-state index in [1.807, 2.05) is 30.0 Å². The van der Waals surface area contributed by atoms with E-state index in [1.54, 1.807) is 14.2 Å². The Morgan fingerprint density at radius 3 is 2.72 bits per heavy atom. The van der Waals surface area contributed by atoms with Crippen LogP contribution in [0.3, 0.4) is 0 Å². The first-order chi connectivity index (χ1) is 8.76. The van der Waals surface area contributed by atoms with Gasteiger partial charge in [-0.25, -0.2) is 0 Å². The molecule has 18 heavy (non-hydrogen) atoms. The van der Waals surface area contributed by atoms with Gasteiger partial charge in [-0.1, -0.05) is 12.5 Å². The summed E-state index contributed by atoms with van der Waals surface area (Å²) >= 11 is 1.98. The summed E-state index contributed by atoms with van der Waals surface area (Å²) < 4.78 is 10.6. The molecule has 0 radical (unpaired) electrons. The predicted molar refractivity (Wildman–Crippen MR) is 76.6 cm³/mol. The van der Waals surface area contributed by atoms with Gasteiger partial charge in [-0.05, 0) is 24.7 Å². The summed E-state index contributed by atoms with van der Waals surface area (Å²) in [5.41, 5.74) is 7.48. The molecule has 2 N–H and O–H groups in total. The van der Waals surface area contributed by atoms with Crippen molar-refractivity contribution in [3.8, 4) is 11.5 Å². The molecule has 2 atom stereocenters. The van der Waals surface area contributed by atoms with Crippen LogP contribution in [0.1, 0.15) is 30.9 Å². The monoisotopic (exact) mass is 267 g/mol. The molecule has 3 nitrogen and oxygen atoms in total. The fourth-order valence-electron chi connectivity index (χ4n) is 2.34. The molecule has 1 aromatic carbocycles. The normalized spacial score (nSPS) is 21.4. The molecule has 2 unspecified atom stereocenters. The lowest BCUT2D eigenvalue weighted by Crippen LogP contribution is -2.26. The Labute approximate surface area is 113 Å². The number of benzene rings is 1. The number of methoxy groups -OCH3 is 2. The van der Waals surface area contributed by atoms with Crippen LogP contribution >= 0.6 is 11.8 Å². The fourth-order valence-corrected chi connectivity index (χ4v) is 3.70. The van der Waals surface area contributed by atoms with Crippen molar-refractivity contribution >= 4 is 11.8 Å². The Kier molecular flexibility index (Phi) is 4.78. The molecule has 1 fully saturated rings. The Morgan fingerprint density at radius 2 is 2.11 bits per heavy atom. The van der Waals surface area contributed by atoms with E-state index in [1.165, 1.54) is 25.0 Å². The van der Waals surface area contributed by atoms with Crippen LogP contribution in [0.15, 0.2) is 18.2 Å². The summed E-state index contributed by atoms with van der Waals surface area (Å²) in [5.74, 6) is 2.85. The van der Waals surface area contributed by atoms with Crippen LogP contribution in [0.4, 0.5) is 0 Å². The highest BCUT2D eigenvalue weighted by Crippen LogP contribution is 2.37. The Hall–Kier alpha value is -0.870. The number of ether oxygens (including phenoxy) is 2. The summed E-state index contributed by atoms with van der Waals surface area (Å²) in [6, 6.07) is 5.92. The molecular formula is C14H21NO2S. The molecule has 1 aliphatic heterocycles. The minimum atomic E-state index is 0.0381. The van der Waals surface area contributed by atoms with Gasteiger partial charge >= 0.3 is 0 Å². The number of hydrogen-bond donors (Lipinski definition) is 1. The van der Waals surface area contributed by atoms with Gasteiger partial charge in [-0.3, -0.25) is 0 Å². The van der Waals surface area contributed by atoms with Gasteiger partial charge in [0.25, 0.3) is 0 Å². The summed E-state index contributed by atoms with van der Waals surface area (Å²) in [4.78, 5) is 0. The smallest absolute Gasteiger partial charge is 0.127 e. The highest BCUT2D eigenvalue weighted by atomic mass is 32.2.